The SMILES string of the molecule is CCCCCCCC(=O)N(C)OC.CCCCCCCCC(=O)CCCCCCC. The van der Waals surface area contributed by atoms with Gasteiger partial charge in [-0.05, 0) is 19.3 Å². The van der Waals surface area contributed by atoms with Crippen LogP contribution in [-0.4, -0.2) is 30.9 Å². The zero-order chi connectivity index (χ0) is 22.9. The third-order valence-corrected chi connectivity index (χ3v) is 5.49. The molecule has 0 radical (unpaired) electrons. The van der Waals surface area contributed by atoms with Gasteiger partial charge in [-0.15, -0.1) is 0 Å². The molecule has 4 nitrogen and oxygen atoms in total. The van der Waals surface area contributed by atoms with E-state index in [1.165, 1.54) is 89.2 Å². The Labute approximate surface area is 188 Å². The number of carbonyl (C=O) groups is 2. The van der Waals surface area contributed by atoms with E-state index < -0.39 is 0 Å². The Kier molecular flexibility index (Phi) is 27.3. The molecule has 0 rings (SSSR count). The van der Waals surface area contributed by atoms with Crippen LogP contribution < -0.4 is 0 Å². The van der Waals surface area contributed by atoms with Gasteiger partial charge in [-0.25, -0.2) is 5.06 Å². The van der Waals surface area contributed by atoms with Crippen LogP contribution in [0, 0.1) is 0 Å². The average Bonchev–Trinajstić information content (AvgIpc) is 2.75. The third-order valence-electron chi connectivity index (χ3n) is 5.49. The summed E-state index contributed by atoms with van der Waals surface area (Å²) in [5, 5.41) is 1.29. The fourth-order valence-corrected chi connectivity index (χ4v) is 3.29. The van der Waals surface area contributed by atoms with Crippen LogP contribution >= 0.6 is 0 Å². The Bertz CT molecular complexity index is 371. The average molecular weight is 428 g/mol. The number of hydrogen-bond donors (Lipinski definition) is 0. The van der Waals surface area contributed by atoms with Crippen molar-refractivity contribution < 1.29 is 14.4 Å². The van der Waals surface area contributed by atoms with Gasteiger partial charge >= 0.3 is 0 Å². The van der Waals surface area contributed by atoms with Crippen molar-refractivity contribution in [2.45, 2.75) is 143 Å². The van der Waals surface area contributed by atoms with E-state index in [9.17, 15) is 9.59 Å². The molecule has 0 saturated heterocycles. The largest absolute Gasteiger partial charge is 0.300 e. The summed E-state index contributed by atoms with van der Waals surface area (Å²) in [5.74, 6) is 0.566. The van der Waals surface area contributed by atoms with E-state index in [0.29, 0.717) is 12.2 Å². The van der Waals surface area contributed by atoms with Crippen LogP contribution in [0.25, 0.3) is 0 Å². The summed E-state index contributed by atoms with van der Waals surface area (Å²) in [6, 6.07) is 0. The third kappa shape index (κ3) is 25.1. The van der Waals surface area contributed by atoms with Crippen LogP contribution in [0.4, 0.5) is 0 Å². The van der Waals surface area contributed by atoms with Crippen LogP contribution in [0.5, 0.6) is 0 Å². The van der Waals surface area contributed by atoms with Crippen molar-refractivity contribution in [2.24, 2.45) is 0 Å². The van der Waals surface area contributed by atoms with Gasteiger partial charge in [0.15, 0.2) is 0 Å². The fraction of sp³-hybridized carbons (Fsp3) is 0.923. The molecule has 30 heavy (non-hydrogen) atoms. The zero-order valence-corrected chi connectivity index (χ0v) is 21.1. The molecule has 0 heterocycles. The molecular weight excluding hydrogens is 374 g/mol. The van der Waals surface area contributed by atoms with E-state index in [-0.39, 0.29) is 5.91 Å². The molecule has 0 aliphatic rings. The highest BCUT2D eigenvalue weighted by molar-refractivity contribution is 5.78. The van der Waals surface area contributed by atoms with Crippen LogP contribution in [0.3, 0.4) is 0 Å². The maximum Gasteiger partial charge on any atom is 0.245 e. The first-order valence-corrected chi connectivity index (χ1v) is 12.9. The molecule has 0 bridgehead atoms. The summed E-state index contributed by atoms with van der Waals surface area (Å²) < 4.78 is 0. The Morgan fingerprint density at radius 1 is 0.567 bits per heavy atom. The van der Waals surface area contributed by atoms with Crippen molar-refractivity contribution in [1.29, 1.82) is 0 Å². The second kappa shape index (κ2) is 26.1. The molecule has 0 unspecified atom stereocenters. The second-order valence-electron chi connectivity index (χ2n) is 8.46. The first kappa shape index (κ1) is 31.3. The van der Waals surface area contributed by atoms with Gasteiger partial charge in [0.2, 0.25) is 5.91 Å². The maximum absolute atomic E-state index is 11.6. The molecule has 4 heteroatoms. The van der Waals surface area contributed by atoms with E-state index in [1.807, 2.05) is 0 Å². The van der Waals surface area contributed by atoms with Crippen molar-refractivity contribution in [2.75, 3.05) is 14.2 Å². The Morgan fingerprint density at radius 3 is 1.27 bits per heavy atom. The van der Waals surface area contributed by atoms with Crippen molar-refractivity contribution in [1.82, 2.24) is 5.06 Å². The monoisotopic (exact) mass is 427 g/mol. The minimum atomic E-state index is 0.0685. The van der Waals surface area contributed by atoms with Gasteiger partial charge in [-0.3, -0.25) is 14.4 Å². The van der Waals surface area contributed by atoms with Crippen molar-refractivity contribution >= 4 is 11.7 Å². The summed E-state index contributed by atoms with van der Waals surface area (Å²) in [4.78, 5) is 27.5. The normalized spacial score (nSPS) is 10.4. The fourth-order valence-electron chi connectivity index (χ4n) is 3.29. The quantitative estimate of drug-likeness (QED) is 0.146. The van der Waals surface area contributed by atoms with Crippen LogP contribution in [0.1, 0.15) is 143 Å². The summed E-state index contributed by atoms with van der Waals surface area (Å²) >= 11 is 0. The van der Waals surface area contributed by atoms with Crippen molar-refractivity contribution in [3.8, 4) is 0 Å². The van der Waals surface area contributed by atoms with Gasteiger partial charge < -0.3 is 0 Å². The van der Waals surface area contributed by atoms with E-state index >= 15 is 0 Å². The Morgan fingerprint density at radius 2 is 0.900 bits per heavy atom. The van der Waals surface area contributed by atoms with Gasteiger partial charge in [0.25, 0.3) is 0 Å². The number of hydroxylamine groups is 2. The lowest BCUT2D eigenvalue weighted by atomic mass is 10.0. The number of ketones is 1. The van der Waals surface area contributed by atoms with Crippen LogP contribution in [0.15, 0.2) is 0 Å². The number of nitrogens with zero attached hydrogens (tertiary/aromatic N) is 1. The first-order chi connectivity index (χ1) is 14.5. The molecule has 0 fully saturated rings. The molecule has 0 aromatic heterocycles. The molecule has 180 valence electrons. The van der Waals surface area contributed by atoms with E-state index in [4.69, 9.17) is 4.84 Å². The lowest BCUT2D eigenvalue weighted by Crippen LogP contribution is -2.24. The zero-order valence-electron chi connectivity index (χ0n) is 21.1. The summed E-state index contributed by atoms with van der Waals surface area (Å²) in [6.45, 7) is 6.65. The van der Waals surface area contributed by atoms with Gasteiger partial charge in [0.1, 0.15) is 5.78 Å². The van der Waals surface area contributed by atoms with Gasteiger partial charge in [-0.2, -0.15) is 0 Å². The second-order valence-corrected chi connectivity index (χ2v) is 8.46. The van der Waals surface area contributed by atoms with Crippen LogP contribution in [-0.2, 0) is 14.4 Å². The van der Waals surface area contributed by atoms with Gasteiger partial charge in [0, 0.05) is 26.3 Å². The lowest BCUT2D eigenvalue weighted by molar-refractivity contribution is -0.168. The summed E-state index contributed by atoms with van der Waals surface area (Å²) in [6.07, 6.45) is 22.1. The molecule has 0 atom stereocenters. The van der Waals surface area contributed by atoms with Gasteiger partial charge in [0.05, 0.1) is 7.11 Å². The molecule has 0 aromatic rings. The molecular formula is C26H53NO3. The van der Waals surface area contributed by atoms with E-state index in [0.717, 1.165) is 38.5 Å². The number of Topliss-reactive ketones (excluding diaryl/α,β-unsaturated/α-hetero) is 1. The molecule has 0 aliphatic heterocycles. The number of hydrogen-bond acceptors (Lipinski definition) is 3. The smallest absolute Gasteiger partial charge is 0.245 e. The van der Waals surface area contributed by atoms with Crippen molar-refractivity contribution in [3.63, 3.8) is 0 Å². The minimum absolute atomic E-state index is 0.0685. The molecule has 1 amide bonds. The number of unbranched alkanes of at least 4 members (excludes halogenated alkanes) is 13. The number of rotatable bonds is 20. The van der Waals surface area contributed by atoms with Crippen LogP contribution in [0.2, 0.25) is 0 Å². The number of carbonyl (C=O) groups excluding carboxylic acids is 2. The maximum atomic E-state index is 11.6. The van der Waals surface area contributed by atoms with E-state index in [1.54, 1.807) is 7.05 Å². The summed E-state index contributed by atoms with van der Waals surface area (Å²) in [5.41, 5.74) is 0. The summed E-state index contributed by atoms with van der Waals surface area (Å²) in [7, 11) is 3.16. The molecule has 0 aliphatic carbocycles. The lowest BCUT2D eigenvalue weighted by Gasteiger charge is -2.12. The predicted molar refractivity (Wildman–Crippen MR) is 130 cm³/mol. The minimum Gasteiger partial charge on any atom is -0.300 e. The standard InChI is InChI=1S/C16H32O.C10H21NO2/c1-3-5-7-9-11-13-15-16(17)14-12-10-8-6-4-2;1-4-5-6-7-8-9-10(12)11(2)13-3/h3-15H2,1-2H3;4-9H2,1-3H3. The molecule has 0 spiro atoms. The molecule has 0 saturated carbocycles. The molecule has 0 N–H and O–H groups in total. The highest BCUT2D eigenvalue weighted by Gasteiger charge is 2.06. The Balaban J connectivity index is 0. The van der Waals surface area contributed by atoms with Crippen molar-refractivity contribution in [3.05, 3.63) is 0 Å². The first-order valence-electron chi connectivity index (χ1n) is 12.9. The highest BCUT2D eigenvalue weighted by Crippen LogP contribution is 2.11. The van der Waals surface area contributed by atoms with Gasteiger partial charge in [-0.1, -0.05) is 104 Å². The predicted octanol–water partition coefficient (Wildman–Crippen LogP) is 8.03. The molecule has 0 aromatic carbocycles. The van der Waals surface area contributed by atoms with E-state index in [2.05, 4.69) is 20.8 Å². The highest BCUT2D eigenvalue weighted by atomic mass is 16.7. The number of amides is 1. The Hall–Kier alpha value is -0.900. The topological polar surface area (TPSA) is 46.6 Å².